The molecule has 136 valence electrons. The zero-order valence-electron chi connectivity index (χ0n) is 15.8. The van der Waals surface area contributed by atoms with Crippen molar-refractivity contribution in [3.63, 3.8) is 0 Å². The van der Waals surface area contributed by atoms with Crippen molar-refractivity contribution in [2.75, 3.05) is 13.1 Å². The van der Waals surface area contributed by atoms with Crippen molar-refractivity contribution >= 4 is 17.5 Å². The second kappa shape index (κ2) is 8.08. The highest BCUT2D eigenvalue weighted by Crippen LogP contribution is 2.24. The predicted molar refractivity (Wildman–Crippen MR) is 95.6 cm³/mol. The molecular formula is C17H34N2O3S. The monoisotopic (exact) mass is 346 g/mol. The van der Waals surface area contributed by atoms with Gasteiger partial charge in [-0.05, 0) is 73.6 Å². The van der Waals surface area contributed by atoms with Crippen LogP contribution in [0.4, 0.5) is 4.79 Å². The van der Waals surface area contributed by atoms with Gasteiger partial charge in [0.05, 0.1) is 0 Å². The lowest BCUT2D eigenvalue weighted by Gasteiger charge is -2.34. The Hall–Kier alpha value is -0.460. The number of nitrogens with zero attached hydrogens (tertiary/aromatic N) is 1. The number of rotatable bonds is 4. The summed E-state index contributed by atoms with van der Waals surface area (Å²) in [5.41, 5.74) is -0.441. The highest BCUT2D eigenvalue weighted by atomic mass is 32.2. The van der Waals surface area contributed by atoms with Crippen LogP contribution in [0.3, 0.4) is 0 Å². The van der Waals surface area contributed by atoms with Crippen molar-refractivity contribution in [1.82, 2.24) is 9.62 Å². The summed E-state index contributed by atoms with van der Waals surface area (Å²) in [7, 11) is 0. The summed E-state index contributed by atoms with van der Waals surface area (Å²) in [6.07, 6.45) is 2.74. The van der Waals surface area contributed by atoms with E-state index in [0.717, 1.165) is 32.4 Å². The van der Waals surface area contributed by atoms with Crippen LogP contribution in [0.5, 0.6) is 0 Å². The summed E-state index contributed by atoms with van der Waals surface area (Å²) in [5, 5.41) is 0. The molecular weight excluding hydrogens is 312 g/mol. The molecule has 0 bridgehead atoms. The zero-order valence-corrected chi connectivity index (χ0v) is 16.6. The minimum absolute atomic E-state index is 0.212. The molecule has 23 heavy (non-hydrogen) atoms. The molecule has 0 aliphatic carbocycles. The third-order valence-electron chi connectivity index (χ3n) is 3.82. The van der Waals surface area contributed by atoms with Crippen LogP contribution in [0, 0.1) is 5.92 Å². The molecule has 6 heteroatoms. The summed E-state index contributed by atoms with van der Waals surface area (Å²) >= 11 is -1.03. The largest absolute Gasteiger partial charge is 0.598 e. The molecule has 1 aliphatic heterocycles. The number of likely N-dealkylation sites (tertiary alicyclic amines) is 1. The van der Waals surface area contributed by atoms with Gasteiger partial charge in [-0.1, -0.05) is 0 Å². The van der Waals surface area contributed by atoms with Gasteiger partial charge in [-0.25, -0.2) is 4.79 Å². The van der Waals surface area contributed by atoms with Crippen molar-refractivity contribution in [2.24, 2.45) is 5.92 Å². The molecule has 1 amide bonds. The summed E-state index contributed by atoms with van der Waals surface area (Å²) in [5.74, 6) is 0.563. The third kappa shape index (κ3) is 7.77. The molecule has 1 aliphatic rings. The third-order valence-corrected chi connectivity index (χ3v) is 5.55. The lowest BCUT2D eigenvalue weighted by atomic mass is 9.91. The Labute approximate surface area is 144 Å². The topological polar surface area (TPSA) is 64.6 Å². The first-order valence-corrected chi connectivity index (χ1v) is 9.69. The van der Waals surface area contributed by atoms with Gasteiger partial charge < -0.3 is 14.2 Å². The molecule has 1 fully saturated rings. The molecule has 1 unspecified atom stereocenters. The SMILES string of the molecule is CC(CC1CCN(C(=O)OC(C)(C)C)CC1)N[S@@+]([O-])C(C)(C)C. The average molecular weight is 347 g/mol. The fourth-order valence-electron chi connectivity index (χ4n) is 2.59. The number of carbonyl (C=O) groups is 1. The van der Waals surface area contributed by atoms with Gasteiger partial charge in [0.15, 0.2) is 0 Å². The molecule has 1 N–H and O–H groups in total. The highest BCUT2D eigenvalue weighted by molar-refractivity contribution is 7.90. The van der Waals surface area contributed by atoms with Crippen molar-refractivity contribution in [2.45, 2.75) is 84.1 Å². The molecule has 1 saturated heterocycles. The Balaban J connectivity index is 2.35. The maximum absolute atomic E-state index is 12.1. The summed E-state index contributed by atoms with van der Waals surface area (Å²) in [4.78, 5) is 13.8. The fraction of sp³-hybridized carbons (Fsp3) is 0.941. The lowest BCUT2D eigenvalue weighted by molar-refractivity contribution is 0.0179. The molecule has 0 radical (unpaired) electrons. The van der Waals surface area contributed by atoms with E-state index in [1.165, 1.54) is 0 Å². The van der Waals surface area contributed by atoms with Crippen LogP contribution in [0.2, 0.25) is 0 Å². The zero-order chi connectivity index (χ0) is 17.8. The molecule has 1 heterocycles. The smallest absolute Gasteiger partial charge is 0.410 e. The lowest BCUT2D eigenvalue weighted by Crippen LogP contribution is -2.45. The molecule has 0 aromatic carbocycles. The van der Waals surface area contributed by atoms with Crippen LogP contribution in [0.15, 0.2) is 0 Å². The summed E-state index contributed by atoms with van der Waals surface area (Å²) < 4.78 is 20.5. The average Bonchev–Trinajstić information content (AvgIpc) is 2.36. The van der Waals surface area contributed by atoms with E-state index in [4.69, 9.17) is 4.74 Å². The minimum Gasteiger partial charge on any atom is -0.598 e. The normalized spacial score (nSPS) is 20.3. The van der Waals surface area contributed by atoms with E-state index in [0.29, 0.717) is 5.92 Å². The van der Waals surface area contributed by atoms with E-state index in [1.807, 2.05) is 41.5 Å². The molecule has 2 atom stereocenters. The Morgan fingerprint density at radius 2 is 1.78 bits per heavy atom. The standard InChI is InChI=1S/C17H34N2O3S/c1-13(18-23(21)17(5,6)7)12-14-8-10-19(11-9-14)15(20)22-16(2,3)4/h13-14,18H,8-12H2,1-7H3/t13?,23-/m0/s1. The minimum atomic E-state index is -1.03. The molecule has 1 rings (SSSR count). The molecule has 0 aromatic heterocycles. The maximum atomic E-state index is 12.1. The van der Waals surface area contributed by atoms with Crippen molar-refractivity contribution < 1.29 is 14.1 Å². The first-order valence-electron chi connectivity index (χ1n) is 8.54. The second-order valence-electron chi connectivity index (χ2n) is 8.55. The molecule has 5 nitrogen and oxygen atoms in total. The quantitative estimate of drug-likeness (QED) is 0.792. The van der Waals surface area contributed by atoms with Crippen LogP contribution < -0.4 is 4.72 Å². The van der Waals surface area contributed by atoms with Crippen molar-refractivity contribution in [3.05, 3.63) is 0 Å². The molecule has 0 aromatic rings. The Kier molecular flexibility index (Phi) is 7.23. The van der Waals surface area contributed by atoms with Gasteiger partial charge in [-0.2, -0.15) is 0 Å². The van der Waals surface area contributed by atoms with Gasteiger partial charge in [-0.15, -0.1) is 4.72 Å². The van der Waals surface area contributed by atoms with Gasteiger partial charge in [0, 0.05) is 30.5 Å². The molecule has 0 saturated carbocycles. The highest BCUT2D eigenvalue weighted by Gasteiger charge is 2.31. The van der Waals surface area contributed by atoms with Gasteiger partial charge in [0.2, 0.25) is 0 Å². The number of ether oxygens (including phenoxy) is 1. The van der Waals surface area contributed by atoms with E-state index in [9.17, 15) is 9.35 Å². The Morgan fingerprint density at radius 1 is 1.26 bits per heavy atom. The van der Waals surface area contributed by atoms with Crippen LogP contribution in [-0.2, 0) is 16.1 Å². The predicted octanol–water partition coefficient (Wildman–Crippen LogP) is 3.46. The van der Waals surface area contributed by atoms with E-state index in [1.54, 1.807) is 4.90 Å². The first kappa shape index (κ1) is 20.6. The van der Waals surface area contributed by atoms with Gasteiger partial charge in [-0.3, -0.25) is 0 Å². The van der Waals surface area contributed by atoms with Crippen molar-refractivity contribution in [1.29, 1.82) is 0 Å². The summed E-state index contributed by atoms with van der Waals surface area (Å²) in [6, 6.07) is 0.216. The number of hydrogen-bond donors (Lipinski definition) is 1. The summed E-state index contributed by atoms with van der Waals surface area (Å²) in [6.45, 7) is 15.2. The second-order valence-corrected chi connectivity index (χ2v) is 10.5. The number of carbonyl (C=O) groups excluding carboxylic acids is 1. The number of amides is 1. The van der Waals surface area contributed by atoms with Crippen LogP contribution >= 0.6 is 0 Å². The number of hydrogen-bond acceptors (Lipinski definition) is 4. The van der Waals surface area contributed by atoms with Crippen molar-refractivity contribution in [3.8, 4) is 0 Å². The Morgan fingerprint density at radius 3 is 2.22 bits per heavy atom. The first-order chi connectivity index (χ1) is 10.4. The number of piperidine rings is 1. The van der Waals surface area contributed by atoms with E-state index in [-0.39, 0.29) is 16.9 Å². The fourth-order valence-corrected chi connectivity index (χ4v) is 3.40. The van der Waals surface area contributed by atoms with Gasteiger partial charge >= 0.3 is 6.09 Å². The van der Waals surface area contributed by atoms with E-state index >= 15 is 0 Å². The molecule has 0 spiro atoms. The maximum Gasteiger partial charge on any atom is 0.410 e. The van der Waals surface area contributed by atoms with E-state index in [2.05, 4.69) is 11.6 Å². The van der Waals surface area contributed by atoms with Crippen LogP contribution in [0.25, 0.3) is 0 Å². The van der Waals surface area contributed by atoms with E-state index < -0.39 is 17.0 Å². The van der Waals surface area contributed by atoms with Gasteiger partial charge in [0.1, 0.15) is 10.3 Å². The Bertz CT molecular complexity index is 382. The number of nitrogens with one attached hydrogen (secondary N) is 1. The van der Waals surface area contributed by atoms with Crippen LogP contribution in [-0.4, -0.2) is 45.0 Å². The van der Waals surface area contributed by atoms with Crippen LogP contribution in [0.1, 0.15) is 67.7 Å². The van der Waals surface area contributed by atoms with Gasteiger partial charge in [0.25, 0.3) is 0 Å².